The molecule has 0 saturated carbocycles. The van der Waals surface area contributed by atoms with E-state index in [1.54, 1.807) is 4.90 Å². The van der Waals surface area contributed by atoms with Gasteiger partial charge in [-0.25, -0.2) is 0 Å². The fourth-order valence-electron chi connectivity index (χ4n) is 3.78. The Hall–Kier alpha value is -2.63. The van der Waals surface area contributed by atoms with Gasteiger partial charge in [0.25, 0.3) is 0 Å². The number of hydrogen-bond donors (Lipinski definition) is 1. The van der Waals surface area contributed by atoms with Crippen LogP contribution in [0.2, 0.25) is 0 Å². The van der Waals surface area contributed by atoms with Gasteiger partial charge >= 0.3 is 5.97 Å². The number of hydrogen-bond acceptors (Lipinski definition) is 3. The van der Waals surface area contributed by atoms with E-state index in [0.717, 1.165) is 34.6 Å². The molecule has 0 aliphatic carbocycles. The third kappa shape index (κ3) is 3.89. The maximum Gasteiger partial charge on any atom is 0.312 e. The first kappa shape index (κ1) is 19.1. The van der Waals surface area contributed by atoms with E-state index >= 15 is 0 Å². The molecule has 0 spiro atoms. The van der Waals surface area contributed by atoms with E-state index in [0.29, 0.717) is 12.5 Å². The van der Waals surface area contributed by atoms with Crippen molar-refractivity contribution in [3.8, 4) is 0 Å². The highest BCUT2D eigenvalue weighted by Gasteiger charge is 2.32. The molecule has 2 heterocycles. The second-order valence-corrected chi connectivity index (χ2v) is 7.77. The maximum atomic E-state index is 13.0. The Balaban J connectivity index is 1.81. The number of rotatable bonds is 5. The Morgan fingerprint density at radius 2 is 1.96 bits per heavy atom. The van der Waals surface area contributed by atoms with Gasteiger partial charge in [0.15, 0.2) is 0 Å². The lowest BCUT2D eigenvalue weighted by molar-refractivity contribution is -0.141. The zero-order valence-electron chi connectivity index (χ0n) is 16.4. The summed E-state index contributed by atoms with van der Waals surface area (Å²) in [5, 5.41) is 14.2. The molecule has 1 N–H and O–H groups in total. The van der Waals surface area contributed by atoms with Gasteiger partial charge in [-0.2, -0.15) is 5.10 Å². The minimum atomic E-state index is -0.892. The van der Waals surface area contributed by atoms with Gasteiger partial charge < -0.3 is 10.0 Å². The van der Waals surface area contributed by atoms with Crippen LogP contribution in [-0.4, -0.2) is 38.2 Å². The van der Waals surface area contributed by atoms with Crippen LogP contribution >= 0.6 is 0 Å². The summed E-state index contributed by atoms with van der Waals surface area (Å²) in [5.41, 5.74) is 4.56. The molecule has 0 radical (unpaired) electrons. The zero-order valence-corrected chi connectivity index (χ0v) is 16.4. The summed E-state index contributed by atoms with van der Waals surface area (Å²) >= 11 is 0. The van der Waals surface area contributed by atoms with Crippen molar-refractivity contribution in [2.45, 2.75) is 53.1 Å². The molecule has 144 valence electrons. The van der Waals surface area contributed by atoms with Gasteiger partial charge in [0, 0.05) is 30.9 Å². The molecule has 3 rings (SSSR count). The summed E-state index contributed by atoms with van der Waals surface area (Å²) in [6, 6.07) is 7.49. The Kier molecular flexibility index (Phi) is 5.35. The van der Waals surface area contributed by atoms with Crippen LogP contribution in [0.15, 0.2) is 24.3 Å². The normalized spacial score (nSPS) is 16.5. The Labute approximate surface area is 159 Å². The molecule has 1 atom stereocenters. The second kappa shape index (κ2) is 7.55. The van der Waals surface area contributed by atoms with Crippen LogP contribution < -0.4 is 0 Å². The average Bonchev–Trinajstić information content (AvgIpc) is 2.87. The van der Waals surface area contributed by atoms with Crippen LogP contribution in [-0.2, 0) is 29.1 Å². The monoisotopic (exact) mass is 369 g/mol. The van der Waals surface area contributed by atoms with Crippen molar-refractivity contribution in [3.05, 3.63) is 52.3 Å². The molecule has 27 heavy (non-hydrogen) atoms. The topological polar surface area (TPSA) is 75.4 Å². The van der Waals surface area contributed by atoms with Crippen molar-refractivity contribution in [2.75, 3.05) is 6.54 Å². The summed E-state index contributed by atoms with van der Waals surface area (Å²) in [6.45, 7) is 9.69. The minimum Gasteiger partial charge on any atom is -0.481 e. The standard InChI is InChI=1S/C21H27N3O3/c1-13(2)10-24-15(4)18(14(3)22-24)9-20(25)23-11-16-7-5-6-8-17(16)19(12-23)21(26)27/h5-8,13,19H,9-12H2,1-4H3,(H,26,27). The number of benzene rings is 1. The van der Waals surface area contributed by atoms with Gasteiger partial charge in [-0.3, -0.25) is 14.3 Å². The second-order valence-electron chi connectivity index (χ2n) is 7.77. The summed E-state index contributed by atoms with van der Waals surface area (Å²) in [7, 11) is 0. The molecule has 1 aliphatic rings. The Morgan fingerprint density at radius 1 is 1.26 bits per heavy atom. The van der Waals surface area contributed by atoms with E-state index in [1.165, 1.54) is 0 Å². The fraction of sp³-hybridized carbons (Fsp3) is 0.476. The highest BCUT2D eigenvalue weighted by atomic mass is 16.4. The fourth-order valence-corrected chi connectivity index (χ4v) is 3.78. The zero-order chi connectivity index (χ0) is 19.7. The highest BCUT2D eigenvalue weighted by Crippen LogP contribution is 2.29. The van der Waals surface area contributed by atoms with Crippen molar-refractivity contribution in [3.63, 3.8) is 0 Å². The Morgan fingerprint density at radius 3 is 2.63 bits per heavy atom. The first-order chi connectivity index (χ1) is 12.8. The number of carboxylic acid groups (broad SMARTS) is 1. The molecule has 1 aromatic carbocycles. The average molecular weight is 369 g/mol. The van der Waals surface area contributed by atoms with Gasteiger partial charge in [0.2, 0.25) is 5.91 Å². The lowest BCUT2D eigenvalue weighted by atomic mass is 9.89. The maximum absolute atomic E-state index is 13.0. The van der Waals surface area contributed by atoms with Gasteiger partial charge in [0.05, 0.1) is 18.0 Å². The number of aromatic nitrogens is 2. The van der Waals surface area contributed by atoms with Gasteiger partial charge in [-0.1, -0.05) is 38.1 Å². The van der Waals surface area contributed by atoms with E-state index in [1.807, 2.05) is 42.8 Å². The van der Waals surface area contributed by atoms with Crippen molar-refractivity contribution < 1.29 is 14.7 Å². The summed E-state index contributed by atoms with van der Waals surface area (Å²) in [4.78, 5) is 26.4. The number of fused-ring (bicyclic) bond motifs is 1. The predicted molar refractivity (Wildman–Crippen MR) is 102 cm³/mol. The lowest BCUT2D eigenvalue weighted by Gasteiger charge is -2.33. The Bertz CT molecular complexity index is 870. The van der Waals surface area contributed by atoms with Crippen molar-refractivity contribution in [2.24, 2.45) is 5.92 Å². The van der Waals surface area contributed by atoms with Crippen molar-refractivity contribution in [1.29, 1.82) is 0 Å². The molecule has 1 unspecified atom stereocenters. The third-order valence-electron chi connectivity index (χ3n) is 5.24. The smallest absolute Gasteiger partial charge is 0.312 e. The quantitative estimate of drug-likeness (QED) is 0.879. The molecule has 6 heteroatoms. The summed E-state index contributed by atoms with van der Waals surface area (Å²) < 4.78 is 1.97. The molecule has 1 amide bonds. The van der Waals surface area contributed by atoms with E-state index in [9.17, 15) is 14.7 Å². The van der Waals surface area contributed by atoms with Crippen LogP contribution in [0.25, 0.3) is 0 Å². The van der Waals surface area contributed by atoms with E-state index in [-0.39, 0.29) is 18.9 Å². The molecule has 6 nitrogen and oxygen atoms in total. The number of carboxylic acids is 1. The van der Waals surface area contributed by atoms with E-state index in [2.05, 4.69) is 18.9 Å². The molecule has 1 aromatic heterocycles. The largest absolute Gasteiger partial charge is 0.481 e. The third-order valence-corrected chi connectivity index (χ3v) is 5.24. The number of nitrogens with zero attached hydrogens (tertiary/aromatic N) is 3. The van der Waals surface area contributed by atoms with E-state index < -0.39 is 11.9 Å². The van der Waals surface area contributed by atoms with Crippen LogP contribution in [0, 0.1) is 19.8 Å². The first-order valence-electron chi connectivity index (χ1n) is 9.39. The van der Waals surface area contributed by atoms with Crippen molar-refractivity contribution >= 4 is 11.9 Å². The summed E-state index contributed by atoms with van der Waals surface area (Å²) in [6.07, 6.45) is 0.254. The molecule has 2 aromatic rings. The van der Waals surface area contributed by atoms with Gasteiger partial charge in [0.1, 0.15) is 0 Å². The molecular weight excluding hydrogens is 342 g/mol. The number of aryl methyl sites for hydroxylation is 1. The van der Waals surface area contributed by atoms with Gasteiger partial charge in [-0.05, 0) is 30.9 Å². The SMILES string of the molecule is Cc1nn(CC(C)C)c(C)c1CC(=O)N1Cc2ccccc2C(C(=O)O)C1. The number of amides is 1. The number of carbonyl (C=O) groups excluding carboxylic acids is 1. The van der Waals surface area contributed by atoms with Crippen LogP contribution in [0.1, 0.15) is 47.8 Å². The minimum absolute atomic E-state index is 0.0500. The predicted octanol–water partition coefficient (Wildman–Crippen LogP) is 2.91. The lowest BCUT2D eigenvalue weighted by Crippen LogP contribution is -2.41. The highest BCUT2D eigenvalue weighted by molar-refractivity contribution is 5.83. The van der Waals surface area contributed by atoms with E-state index in [4.69, 9.17) is 0 Å². The van der Waals surface area contributed by atoms with Crippen LogP contribution in [0.3, 0.4) is 0 Å². The van der Waals surface area contributed by atoms with Crippen LogP contribution in [0.5, 0.6) is 0 Å². The molecule has 0 fully saturated rings. The molecule has 0 bridgehead atoms. The van der Waals surface area contributed by atoms with Crippen LogP contribution in [0.4, 0.5) is 0 Å². The number of aliphatic carboxylic acids is 1. The number of carbonyl (C=O) groups is 2. The first-order valence-corrected chi connectivity index (χ1v) is 9.39. The molecular formula is C21H27N3O3. The van der Waals surface area contributed by atoms with Crippen molar-refractivity contribution in [1.82, 2.24) is 14.7 Å². The summed E-state index contributed by atoms with van der Waals surface area (Å²) in [5.74, 6) is -1.14. The molecule has 0 saturated heterocycles. The van der Waals surface area contributed by atoms with Gasteiger partial charge in [-0.15, -0.1) is 0 Å². The molecule has 1 aliphatic heterocycles.